The molecule has 19 heavy (non-hydrogen) atoms. The highest BCUT2D eigenvalue weighted by atomic mass is 16.3. The number of rotatable bonds is 3. The Kier molecular flexibility index (Phi) is 3.56. The molecular weight excluding hydrogens is 238 g/mol. The van der Waals surface area contributed by atoms with Crippen LogP contribution in [0.4, 0.5) is 0 Å². The maximum atomic E-state index is 12.5. The van der Waals surface area contributed by atoms with Gasteiger partial charge in [-0.05, 0) is 37.2 Å². The summed E-state index contributed by atoms with van der Waals surface area (Å²) in [5.74, 6) is 0.803. The molecule has 3 heteroatoms. The van der Waals surface area contributed by atoms with Gasteiger partial charge < -0.3 is 10.0 Å². The van der Waals surface area contributed by atoms with Gasteiger partial charge in [0.25, 0.3) is 0 Å². The number of piperidine rings is 1. The third-order valence-corrected chi connectivity index (χ3v) is 4.46. The summed E-state index contributed by atoms with van der Waals surface area (Å²) in [6, 6.07) is 10.3. The topological polar surface area (TPSA) is 40.5 Å². The molecule has 0 radical (unpaired) electrons. The molecule has 1 N–H and O–H groups in total. The Morgan fingerprint density at radius 1 is 1.26 bits per heavy atom. The Labute approximate surface area is 114 Å². The molecule has 3 rings (SSSR count). The summed E-state index contributed by atoms with van der Waals surface area (Å²) in [5.41, 5.74) is 1.28. The van der Waals surface area contributed by atoms with Gasteiger partial charge in [-0.2, -0.15) is 0 Å². The normalized spacial score (nSPS) is 30.2. The summed E-state index contributed by atoms with van der Waals surface area (Å²) in [6.45, 7) is 0.927. The Bertz CT molecular complexity index is 445. The van der Waals surface area contributed by atoms with Crippen molar-refractivity contribution in [2.24, 2.45) is 5.92 Å². The molecule has 2 aliphatic rings. The second kappa shape index (κ2) is 5.33. The smallest absolute Gasteiger partial charge is 0.226 e. The number of hydrogen-bond donors (Lipinski definition) is 1. The third kappa shape index (κ3) is 2.52. The van der Waals surface area contributed by atoms with Gasteiger partial charge in [0.2, 0.25) is 5.91 Å². The Hall–Kier alpha value is -1.35. The highest BCUT2D eigenvalue weighted by Crippen LogP contribution is 2.48. The second-order valence-electron chi connectivity index (χ2n) is 5.72. The molecule has 1 heterocycles. The first-order valence-corrected chi connectivity index (χ1v) is 7.27. The third-order valence-electron chi connectivity index (χ3n) is 4.46. The van der Waals surface area contributed by atoms with E-state index in [-0.39, 0.29) is 24.5 Å². The Morgan fingerprint density at radius 2 is 2.05 bits per heavy atom. The Balaban J connectivity index is 1.66. The van der Waals surface area contributed by atoms with Crippen LogP contribution in [0.3, 0.4) is 0 Å². The summed E-state index contributed by atoms with van der Waals surface area (Å²) in [7, 11) is 0. The molecule has 0 aromatic heterocycles. The predicted molar refractivity (Wildman–Crippen MR) is 73.7 cm³/mol. The molecule has 1 amide bonds. The van der Waals surface area contributed by atoms with Gasteiger partial charge in [-0.25, -0.2) is 0 Å². The zero-order chi connectivity index (χ0) is 13.2. The molecule has 2 fully saturated rings. The van der Waals surface area contributed by atoms with Gasteiger partial charge >= 0.3 is 0 Å². The lowest BCUT2D eigenvalue weighted by atomic mass is 10.0. The lowest BCUT2D eigenvalue weighted by molar-refractivity contribution is -0.137. The molecule has 102 valence electrons. The first-order valence-electron chi connectivity index (χ1n) is 7.27. The summed E-state index contributed by atoms with van der Waals surface area (Å²) >= 11 is 0. The number of benzene rings is 1. The second-order valence-corrected chi connectivity index (χ2v) is 5.72. The highest BCUT2D eigenvalue weighted by molar-refractivity contribution is 5.83. The Morgan fingerprint density at radius 3 is 2.79 bits per heavy atom. The van der Waals surface area contributed by atoms with Crippen molar-refractivity contribution in [3.63, 3.8) is 0 Å². The first-order chi connectivity index (χ1) is 9.31. The van der Waals surface area contributed by atoms with Gasteiger partial charge in [0.15, 0.2) is 0 Å². The fourth-order valence-electron chi connectivity index (χ4n) is 3.23. The molecule has 0 bridgehead atoms. The summed E-state index contributed by atoms with van der Waals surface area (Å²) in [6.07, 6.45) is 4.12. The fraction of sp³-hybridized carbons (Fsp3) is 0.562. The van der Waals surface area contributed by atoms with E-state index in [4.69, 9.17) is 0 Å². The fourth-order valence-corrected chi connectivity index (χ4v) is 3.23. The number of nitrogens with zero attached hydrogens (tertiary/aromatic N) is 1. The van der Waals surface area contributed by atoms with Crippen molar-refractivity contribution in [1.29, 1.82) is 0 Å². The molecule has 3 atom stereocenters. The van der Waals surface area contributed by atoms with Crippen LogP contribution >= 0.6 is 0 Å². The number of amides is 1. The summed E-state index contributed by atoms with van der Waals surface area (Å²) < 4.78 is 0. The van der Waals surface area contributed by atoms with Crippen LogP contribution in [0.15, 0.2) is 30.3 Å². The van der Waals surface area contributed by atoms with Crippen LogP contribution in [0.5, 0.6) is 0 Å². The maximum absolute atomic E-state index is 12.5. The van der Waals surface area contributed by atoms with Crippen LogP contribution in [0, 0.1) is 5.92 Å². The molecule has 0 spiro atoms. The number of aliphatic hydroxyl groups excluding tert-OH is 1. The van der Waals surface area contributed by atoms with E-state index in [1.54, 1.807) is 0 Å². The quantitative estimate of drug-likeness (QED) is 0.903. The van der Waals surface area contributed by atoms with Crippen molar-refractivity contribution in [3.05, 3.63) is 35.9 Å². The van der Waals surface area contributed by atoms with Gasteiger partial charge in [0.1, 0.15) is 0 Å². The van der Waals surface area contributed by atoms with Crippen LogP contribution in [-0.4, -0.2) is 35.1 Å². The van der Waals surface area contributed by atoms with Gasteiger partial charge in [-0.1, -0.05) is 30.3 Å². The van der Waals surface area contributed by atoms with Crippen LogP contribution in [0.2, 0.25) is 0 Å². The number of hydrogen-bond acceptors (Lipinski definition) is 2. The number of carbonyl (C=O) groups excluding carboxylic acids is 1. The van der Waals surface area contributed by atoms with E-state index in [1.807, 2.05) is 23.1 Å². The average Bonchev–Trinajstić information content (AvgIpc) is 3.28. The number of carbonyl (C=O) groups is 1. The monoisotopic (exact) mass is 259 g/mol. The van der Waals surface area contributed by atoms with Crippen molar-refractivity contribution in [1.82, 2.24) is 4.90 Å². The van der Waals surface area contributed by atoms with E-state index >= 15 is 0 Å². The van der Waals surface area contributed by atoms with E-state index in [0.717, 1.165) is 32.2 Å². The van der Waals surface area contributed by atoms with Gasteiger partial charge in [0.05, 0.1) is 12.6 Å². The zero-order valence-electron chi connectivity index (χ0n) is 11.2. The van der Waals surface area contributed by atoms with Gasteiger partial charge in [-0.15, -0.1) is 0 Å². The summed E-state index contributed by atoms with van der Waals surface area (Å²) in [5, 5.41) is 9.40. The highest BCUT2D eigenvalue weighted by Gasteiger charge is 2.46. The first kappa shape index (κ1) is 12.7. The minimum Gasteiger partial charge on any atom is -0.394 e. The van der Waals surface area contributed by atoms with Crippen LogP contribution in [-0.2, 0) is 4.79 Å². The van der Waals surface area contributed by atoms with Crippen LogP contribution < -0.4 is 0 Å². The van der Waals surface area contributed by atoms with Gasteiger partial charge in [0, 0.05) is 12.5 Å². The molecule has 1 aliphatic heterocycles. The van der Waals surface area contributed by atoms with Crippen molar-refractivity contribution in [2.45, 2.75) is 37.6 Å². The van der Waals surface area contributed by atoms with E-state index in [0.29, 0.717) is 5.92 Å². The maximum Gasteiger partial charge on any atom is 0.226 e. The molecule has 1 aromatic rings. The number of likely N-dealkylation sites (tertiary alicyclic amines) is 1. The largest absolute Gasteiger partial charge is 0.394 e. The lowest BCUT2D eigenvalue weighted by Crippen LogP contribution is -2.46. The zero-order valence-corrected chi connectivity index (χ0v) is 11.2. The van der Waals surface area contributed by atoms with Crippen molar-refractivity contribution in [3.8, 4) is 0 Å². The molecule has 1 saturated carbocycles. The lowest BCUT2D eigenvalue weighted by Gasteiger charge is -2.35. The minimum atomic E-state index is 0.0540. The van der Waals surface area contributed by atoms with Crippen molar-refractivity contribution in [2.75, 3.05) is 13.2 Å². The average molecular weight is 259 g/mol. The van der Waals surface area contributed by atoms with Gasteiger partial charge in [-0.3, -0.25) is 4.79 Å². The van der Waals surface area contributed by atoms with E-state index in [2.05, 4.69) is 12.1 Å². The molecular formula is C16H21NO2. The van der Waals surface area contributed by atoms with Crippen LogP contribution in [0.1, 0.15) is 37.2 Å². The minimum absolute atomic E-state index is 0.0540. The molecule has 1 saturated heterocycles. The van der Waals surface area contributed by atoms with E-state index in [9.17, 15) is 9.90 Å². The molecule has 3 unspecified atom stereocenters. The number of aliphatic hydroxyl groups is 1. The summed E-state index contributed by atoms with van der Waals surface area (Å²) in [4.78, 5) is 14.5. The standard InChI is InChI=1S/C16H21NO2/c18-11-13-8-4-5-9-17(13)16(19)15-10-14(15)12-6-2-1-3-7-12/h1-3,6-7,13-15,18H,4-5,8-11H2. The van der Waals surface area contributed by atoms with E-state index in [1.165, 1.54) is 5.56 Å². The van der Waals surface area contributed by atoms with Crippen molar-refractivity contribution < 1.29 is 9.90 Å². The predicted octanol–water partition coefficient (Wildman–Crippen LogP) is 2.16. The molecule has 1 aromatic carbocycles. The van der Waals surface area contributed by atoms with E-state index < -0.39 is 0 Å². The van der Waals surface area contributed by atoms with Crippen molar-refractivity contribution >= 4 is 5.91 Å². The molecule has 3 nitrogen and oxygen atoms in total. The molecule has 1 aliphatic carbocycles. The SMILES string of the molecule is O=C(C1CC1c1ccccc1)N1CCCCC1CO. The van der Waals surface area contributed by atoms with Crippen LogP contribution in [0.25, 0.3) is 0 Å².